The molecule has 0 aromatic carbocycles. The lowest BCUT2D eigenvalue weighted by Gasteiger charge is -2.38. The lowest BCUT2D eigenvalue weighted by atomic mass is 9.84. The van der Waals surface area contributed by atoms with Crippen molar-refractivity contribution >= 4 is 11.6 Å². The molecule has 2 N–H and O–H groups in total. The van der Waals surface area contributed by atoms with Crippen molar-refractivity contribution in [2.24, 2.45) is 11.7 Å². The lowest BCUT2D eigenvalue weighted by molar-refractivity contribution is 0.118. The first-order valence-corrected chi connectivity index (χ1v) is 8.17. The van der Waals surface area contributed by atoms with Gasteiger partial charge in [-0.15, -0.1) is 0 Å². The molecule has 1 aromatic rings. The maximum Gasteiger partial charge on any atom is 0.0834 e. The minimum atomic E-state index is -0.0337. The van der Waals surface area contributed by atoms with E-state index < -0.39 is 0 Å². The van der Waals surface area contributed by atoms with Crippen molar-refractivity contribution in [2.75, 3.05) is 20.8 Å². The van der Waals surface area contributed by atoms with Gasteiger partial charge in [0.15, 0.2) is 0 Å². The molecule has 1 aromatic heterocycles. The fraction of sp³-hybridized carbons (Fsp3) is 0.800. The van der Waals surface area contributed by atoms with Crippen LogP contribution < -0.4 is 5.73 Å². The summed E-state index contributed by atoms with van der Waals surface area (Å²) in [5.41, 5.74) is 7.56. The van der Waals surface area contributed by atoms with Crippen LogP contribution in [0.1, 0.15) is 37.4 Å². The Bertz CT molecular complexity index is 478. The molecule has 3 rings (SSSR count). The summed E-state index contributed by atoms with van der Waals surface area (Å²) in [5.74, 6) is 0.495. The predicted molar refractivity (Wildman–Crippen MR) is 83.3 cm³/mol. The molecule has 0 radical (unpaired) electrons. The number of aromatic nitrogens is 2. The van der Waals surface area contributed by atoms with Crippen LogP contribution in [-0.4, -0.2) is 47.5 Å². The van der Waals surface area contributed by atoms with E-state index in [1.807, 2.05) is 4.68 Å². The molecule has 21 heavy (non-hydrogen) atoms. The Morgan fingerprint density at radius 2 is 2.10 bits per heavy atom. The number of fused-ring (bicyclic) bond motifs is 2. The second-order valence-electron chi connectivity index (χ2n) is 6.40. The topological polar surface area (TPSA) is 56.3 Å². The quantitative estimate of drug-likeness (QED) is 0.904. The Hall–Kier alpha value is -0.620. The van der Waals surface area contributed by atoms with Crippen molar-refractivity contribution in [2.45, 2.75) is 50.4 Å². The third-order valence-corrected chi connectivity index (χ3v) is 5.59. The first kappa shape index (κ1) is 15.3. The van der Waals surface area contributed by atoms with Crippen molar-refractivity contribution in [1.29, 1.82) is 0 Å². The van der Waals surface area contributed by atoms with Gasteiger partial charge in [0.05, 0.1) is 36.1 Å². The van der Waals surface area contributed by atoms with Gasteiger partial charge in [-0.05, 0) is 38.6 Å². The van der Waals surface area contributed by atoms with Gasteiger partial charge in [-0.1, -0.05) is 11.6 Å². The Kier molecular flexibility index (Phi) is 4.54. The monoisotopic (exact) mass is 312 g/mol. The number of nitrogens with zero attached hydrogens (tertiary/aromatic N) is 3. The zero-order valence-electron chi connectivity index (χ0n) is 12.8. The van der Waals surface area contributed by atoms with Gasteiger partial charge < -0.3 is 15.4 Å². The summed E-state index contributed by atoms with van der Waals surface area (Å²) in [6.45, 7) is 1.32. The lowest BCUT2D eigenvalue weighted by Crippen LogP contribution is -2.43. The number of hydrogen-bond acceptors (Lipinski definition) is 4. The number of piperidine rings is 1. The number of halogens is 1. The summed E-state index contributed by atoms with van der Waals surface area (Å²) >= 11 is 6.34. The molecule has 3 unspecified atom stereocenters. The van der Waals surface area contributed by atoms with Gasteiger partial charge in [-0.2, -0.15) is 5.10 Å². The molecule has 2 fully saturated rings. The van der Waals surface area contributed by atoms with E-state index in [1.165, 1.54) is 25.7 Å². The summed E-state index contributed by atoms with van der Waals surface area (Å²) in [6, 6.07) is 1.34. The van der Waals surface area contributed by atoms with E-state index in [0.717, 1.165) is 5.69 Å². The number of rotatable bonds is 5. The third-order valence-electron chi connectivity index (χ3n) is 5.30. The molecule has 0 amide bonds. The van der Waals surface area contributed by atoms with Crippen LogP contribution in [0.3, 0.4) is 0 Å². The summed E-state index contributed by atoms with van der Waals surface area (Å²) in [6.07, 6.45) is 6.65. The highest BCUT2D eigenvalue weighted by molar-refractivity contribution is 6.31. The zero-order valence-corrected chi connectivity index (χ0v) is 13.6. The molecule has 2 aliphatic rings. The van der Waals surface area contributed by atoms with Gasteiger partial charge in [0.2, 0.25) is 0 Å². The van der Waals surface area contributed by atoms with Gasteiger partial charge in [-0.3, -0.25) is 4.68 Å². The van der Waals surface area contributed by atoms with E-state index in [9.17, 15) is 0 Å². The highest BCUT2D eigenvalue weighted by Crippen LogP contribution is 2.42. The maximum absolute atomic E-state index is 6.58. The van der Waals surface area contributed by atoms with Crippen LogP contribution in [0.5, 0.6) is 0 Å². The van der Waals surface area contributed by atoms with E-state index in [2.05, 4.69) is 17.0 Å². The molecule has 0 saturated carbocycles. The van der Waals surface area contributed by atoms with E-state index in [0.29, 0.717) is 36.2 Å². The van der Waals surface area contributed by atoms with Gasteiger partial charge in [0, 0.05) is 19.2 Å². The molecule has 3 atom stereocenters. The molecule has 0 spiro atoms. The van der Waals surface area contributed by atoms with Gasteiger partial charge >= 0.3 is 0 Å². The third kappa shape index (κ3) is 2.84. The summed E-state index contributed by atoms with van der Waals surface area (Å²) in [5, 5.41) is 5.04. The fourth-order valence-electron chi connectivity index (χ4n) is 4.03. The normalized spacial score (nSPS) is 30.8. The average Bonchev–Trinajstić information content (AvgIpc) is 2.91. The van der Waals surface area contributed by atoms with Gasteiger partial charge in [0.25, 0.3) is 0 Å². The van der Waals surface area contributed by atoms with Crippen molar-refractivity contribution in [3.8, 4) is 0 Å². The largest absolute Gasteiger partial charge is 0.383 e. The van der Waals surface area contributed by atoms with E-state index >= 15 is 0 Å². The van der Waals surface area contributed by atoms with Crippen LogP contribution >= 0.6 is 11.6 Å². The number of nitrogens with two attached hydrogens (primary N) is 1. The summed E-state index contributed by atoms with van der Waals surface area (Å²) in [7, 11) is 3.94. The number of methoxy groups -OCH3 is 1. The second kappa shape index (κ2) is 6.24. The highest BCUT2D eigenvalue weighted by Gasteiger charge is 2.41. The molecular formula is C15H25ClN4O. The molecule has 6 heteroatoms. The Morgan fingerprint density at radius 3 is 2.71 bits per heavy atom. The van der Waals surface area contributed by atoms with Crippen LogP contribution in [0, 0.1) is 5.92 Å². The summed E-state index contributed by atoms with van der Waals surface area (Å²) in [4.78, 5) is 2.53. The predicted octanol–water partition coefficient (Wildman–Crippen LogP) is 2.06. The molecule has 118 valence electrons. The Morgan fingerprint density at radius 1 is 1.43 bits per heavy atom. The molecule has 2 bridgehead atoms. The fourth-order valence-corrected chi connectivity index (χ4v) is 4.30. The minimum Gasteiger partial charge on any atom is -0.383 e. The van der Waals surface area contributed by atoms with E-state index in [-0.39, 0.29) is 6.04 Å². The van der Waals surface area contributed by atoms with Crippen LogP contribution in [0.4, 0.5) is 0 Å². The number of ether oxygens (including phenoxy) is 1. The first-order chi connectivity index (χ1) is 10.1. The first-order valence-electron chi connectivity index (χ1n) is 7.79. The van der Waals surface area contributed by atoms with Crippen molar-refractivity contribution < 1.29 is 4.74 Å². The molecule has 3 heterocycles. The van der Waals surface area contributed by atoms with Gasteiger partial charge in [-0.25, -0.2) is 0 Å². The van der Waals surface area contributed by atoms with Crippen molar-refractivity contribution in [3.63, 3.8) is 0 Å². The standard InChI is InChI=1S/C15H25ClN4O/c1-19-11-3-4-12(19)8-10(7-11)14(17)15-13(16)9-18-20(15)5-6-21-2/h9-12,14H,3-8,17H2,1-2H3. The van der Waals surface area contributed by atoms with E-state index in [4.69, 9.17) is 22.1 Å². The SMILES string of the molecule is COCCn1ncc(Cl)c1C(N)C1CC2CCC(C1)N2C. The van der Waals surface area contributed by atoms with Crippen molar-refractivity contribution in [1.82, 2.24) is 14.7 Å². The van der Waals surface area contributed by atoms with E-state index in [1.54, 1.807) is 13.3 Å². The Labute approximate surface area is 131 Å². The van der Waals surface area contributed by atoms with Crippen LogP contribution in [0.25, 0.3) is 0 Å². The molecule has 2 saturated heterocycles. The molecular weight excluding hydrogens is 288 g/mol. The maximum atomic E-state index is 6.58. The molecule has 0 aliphatic carbocycles. The summed E-state index contributed by atoms with van der Waals surface area (Å²) < 4.78 is 7.06. The highest BCUT2D eigenvalue weighted by atomic mass is 35.5. The minimum absolute atomic E-state index is 0.0337. The smallest absolute Gasteiger partial charge is 0.0834 e. The van der Waals surface area contributed by atoms with Gasteiger partial charge in [0.1, 0.15) is 0 Å². The molecule has 2 aliphatic heterocycles. The second-order valence-corrected chi connectivity index (χ2v) is 6.81. The van der Waals surface area contributed by atoms with Crippen LogP contribution in [0.15, 0.2) is 6.20 Å². The zero-order chi connectivity index (χ0) is 15.0. The van der Waals surface area contributed by atoms with Crippen molar-refractivity contribution in [3.05, 3.63) is 16.9 Å². The number of hydrogen-bond donors (Lipinski definition) is 1. The average molecular weight is 313 g/mol. The molecule has 5 nitrogen and oxygen atoms in total. The Balaban J connectivity index is 1.76. The van der Waals surface area contributed by atoms with Crippen LogP contribution in [-0.2, 0) is 11.3 Å². The van der Waals surface area contributed by atoms with Crippen LogP contribution in [0.2, 0.25) is 5.02 Å².